The smallest absolute Gasteiger partial charge is 0.283 e. The number of nitro groups is 1. The Kier molecular flexibility index (Phi) is 3.60. The normalized spacial score (nSPS) is 17.8. The molecule has 7 heteroatoms. The molecule has 104 valence electrons. The highest BCUT2D eigenvalue weighted by atomic mass is 32.1. The molecule has 1 aromatic heterocycles. The van der Waals surface area contributed by atoms with Gasteiger partial charge in [-0.05, 0) is 32.6 Å². The van der Waals surface area contributed by atoms with Gasteiger partial charge in [0.15, 0.2) is 0 Å². The van der Waals surface area contributed by atoms with Gasteiger partial charge in [-0.25, -0.2) is 0 Å². The molecular formula is C12H17N3O3S. The van der Waals surface area contributed by atoms with Gasteiger partial charge in [-0.2, -0.15) is 0 Å². The Labute approximate surface area is 115 Å². The lowest BCUT2D eigenvalue weighted by Crippen LogP contribution is -2.53. The largest absolute Gasteiger partial charge is 0.345 e. The Balaban J connectivity index is 2.15. The second kappa shape index (κ2) is 4.90. The Hall–Kier alpha value is -1.47. The van der Waals surface area contributed by atoms with Crippen LogP contribution < -0.4 is 11.1 Å². The zero-order chi connectivity index (χ0) is 14.2. The summed E-state index contributed by atoms with van der Waals surface area (Å²) in [5, 5.41) is 13.7. The fourth-order valence-corrected chi connectivity index (χ4v) is 3.01. The van der Waals surface area contributed by atoms with E-state index >= 15 is 0 Å². The van der Waals surface area contributed by atoms with E-state index in [4.69, 9.17) is 5.73 Å². The summed E-state index contributed by atoms with van der Waals surface area (Å²) in [5.41, 5.74) is 5.32. The third kappa shape index (κ3) is 2.76. The van der Waals surface area contributed by atoms with Crippen molar-refractivity contribution in [2.45, 2.75) is 32.2 Å². The Morgan fingerprint density at radius 3 is 2.74 bits per heavy atom. The fourth-order valence-electron chi connectivity index (χ4n) is 2.13. The molecule has 0 aromatic carbocycles. The van der Waals surface area contributed by atoms with Crippen LogP contribution >= 0.6 is 11.3 Å². The van der Waals surface area contributed by atoms with Crippen LogP contribution in [0.4, 0.5) is 5.69 Å². The van der Waals surface area contributed by atoms with Crippen LogP contribution in [0.25, 0.3) is 0 Å². The van der Waals surface area contributed by atoms with Gasteiger partial charge >= 0.3 is 0 Å². The van der Waals surface area contributed by atoms with Crippen LogP contribution in [0.5, 0.6) is 0 Å². The molecular weight excluding hydrogens is 266 g/mol. The minimum atomic E-state index is -0.467. The van der Waals surface area contributed by atoms with E-state index < -0.39 is 10.5 Å². The summed E-state index contributed by atoms with van der Waals surface area (Å²) in [5.74, 6) is 0.138. The molecule has 1 unspecified atom stereocenters. The third-order valence-corrected chi connectivity index (χ3v) is 4.65. The molecule has 1 aliphatic rings. The van der Waals surface area contributed by atoms with Crippen molar-refractivity contribution in [3.63, 3.8) is 0 Å². The zero-order valence-electron chi connectivity index (χ0n) is 10.9. The van der Waals surface area contributed by atoms with Crippen LogP contribution in [0.3, 0.4) is 0 Å². The summed E-state index contributed by atoms with van der Waals surface area (Å²) >= 11 is 1.14. The molecule has 1 amide bonds. The number of rotatable bonds is 5. The zero-order valence-corrected chi connectivity index (χ0v) is 11.8. The topological polar surface area (TPSA) is 98.3 Å². The molecule has 1 saturated carbocycles. The third-order valence-electron chi connectivity index (χ3n) is 3.61. The summed E-state index contributed by atoms with van der Waals surface area (Å²) in [4.78, 5) is 23.4. The highest BCUT2D eigenvalue weighted by molar-refractivity contribution is 7.14. The van der Waals surface area contributed by atoms with E-state index in [1.54, 1.807) is 6.92 Å². The van der Waals surface area contributed by atoms with Crippen LogP contribution in [0, 0.1) is 23.0 Å². The van der Waals surface area contributed by atoms with E-state index in [9.17, 15) is 14.9 Å². The van der Waals surface area contributed by atoms with Gasteiger partial charge in [-0.3, -0.25) is 14.9 Å². The molecule has 1 aliphatic carbocycles. The first-order chi connectivity index (χ1) is 8.87. The molecule has 19 heavy (non-hydrogen) atoms. The number of nitrogens with one attached hydrogen (secondary N) is 1. The molecule has 1 heterocycles. The SMILES string of the molecule is Cc1sc(C(=O)NC(C)(CN)C2CC2)cc1[N+](=O)[O-]. The molecule has 0 saturated heterocycles. The molecule has 0 bridgehead atoms. The number of carbonyl (C=O) groups excluding carboxylic acids is 1. The van der Waals surface area contributed by atoms with Gasteiger partial charge in [0.25, 0.3) is 11.6 Å². The predicted molar refractivity (Wildman–Crippen MR) is 73.4 cm³/mol. The highest BCUT2D eigenvalue weighted by Gasteiger charge is 2.42. The first-order valence-corrected chi connectivity index (χ1v) is 6.96. The summed E-state index contributed by atoms with van der Waals surface area (Å²) in [6, 6.07) is 1.33. The monoisotopic (exact) mass is 283 g/mol. The van der Waals surface area contributed by atoms with Gasteiger partial charge in [-0.1, -0.05) is 0 Å². The Morgan fingerprint density at radius 1 is 1.68 bits per heavy atom. The van der Waals surface area contributed by atoms with E-state index in [2.05, 4.69) is 5.32 Å². The minimum Gasteiger partial charge on any atom is -0.345 e. The van der Waals surface area contributed by atoms with Crippen LogP contribution in [-0.2, 0) is 0 Å². The van der Waals surface area contributed by atoms with Gasteiger partial charge in [-0.15, -0.1) is 11.3 Å². The molecule has 2 rings (SSSR count). The molecule has 0 spiro atoms. The summed E-state index contributed by atoms with van der Waals surface area (Å²) < 4.78 is 0. The lowest BCUT2D eigenvalue weighted by Gasteiger charge is -2.29. The van der Waals surface area contributed by atoms with E-state index in [1.807, 2.05) is 6.92 Å². The number of aryl methyl sites for hydroxylation is 1. The number of nitrogens with zero attached hydrogens (tertiary/aromatic N) is 1. The van der Waals surface area contributed by atoms with Crippen molar-refractivity contribution in [2.24, 2.45) is 11.7 Å². The number of thiophene rings is 1. The van der Waals surface area contributed by atoms with Crippen LogP contribution in [0.1, 0.15) is 34.3 Å². The van der Waals surface area contributed by atoms with E-state index in [1.165, 1.54) is 6.07 Å². The number of hydrogen-bond acceptors (Lipinski definition) is 5. The maximum Gasteiger partial charge on any atom is 0.283 e. The van der Waals surface area contributed by atoms with Crippen molar-refractivity contribution in [3.05, 3.63) is 25.9 Å². The number of hydrogen-bond donors (Lipinski definition) is 2. The molecule has 3 N–H and O–H groups in total. The minimum absolute atomic E-state index is 0.00368. The second-order valence-electron chi connectivity index (χ2n) is 5.16. The Morgan fingerprint density at radius 2 is 2.32 bits per heavy atom. The lowest BCUT2D eigenvalue weighted by atomic mass is 9.96. The summed E-state index contributed by atoms with van der Waals surface area (Å²) in [7, 11) is 0. The first kappa shape index (κ1) is 14.0. The molecule has 1 atom stereocenters. The van der Waals surface area contributed by atoms with Crippen molar-refractivity contribution in [3.8, 4) is 0 Å². The molecule has 1 fully saturated rings. The van der Waals surface area contributed by atoms with Crippen molar-refractivity contribution < 1.29 is 9.72 Å². The number of amides is 1. The van der Waals surface area contributed by atoms with E-state index in [0.717, 1.165) is 24.2 Å². The van der Waals surface area contributed by atoms with Gasteiger partial charge in [0.05, 0.1) is 20.2 Å². The lowest BCUT2D eigenvalue weighted by molar-refractivity contribution is -0.385. The van der Waals surface area contributed by atoms with E-state index in [-0.39, 0.29) is 11.6 Å². The molecule has 0 radical (unpaired) electrons. The van der Waals surface area contributed by atoms with Crippen molar-refractivity contribution in [1.29, 1.82) is 0 Å². The van der Waals surface area contributed by atoms with Gasteiger partial charge in [0.2, 0.25) is 0 Å². The molecule has 0 aliphatic heterocycles. The van der Waals surface area contributed by atoms with Gasteiger partial charge in [0.1, 0.15) is 0 Å². The van der Waals surface area contributed by atoms with Crippen LogP contribution in [0.2, 0.25) is 0 Å². The van der Waals surface area contributed by atoms with Crippen molar-refractivity contribution in [1.82, 2.24) is 5.32 Å². The summed E-state index contributed by atoms with van der Waals surface area (Å²) in [6.45, 7) is 3.94. The van der Waals surface area contributed by atoms with Gasteiger partial charge in [0, 0.05) is 12.6 Å². The first-order valence-electron chi connectivity index (χ1n) is 6.15. The predicted octanol–water partition coefficient (Wildman–Crippen LogP) is 1.82. The highest BCUT2D eigenvalue weighted by Crippen LogP contribution is 2.39. The average molecular weight is 283 g/mol. The maximum absolute atomic E-state index is 12.2. The quantitative estimate of drug-likeness (QED) is 0.636. The van der Waals surface area contributed by atoms with Crippen LogP contribution in [0.15, 0.2) is 6.07 Å². The molecule has 6 nitrogen and oxygen atoms in total. The van der Waals surface area contributed by atoms with Gasteiger partial charge < -0.3 is 11.1 Å². The van der Waals surface area contributed by atoms with E-state index in [0.29, 0.717) is 22.2 Å². The van der Waals surface area contributed by atoms with Crippen molar-refractivity contribution >= 4 is 22.9 Å². The maximum atomic E-state index is 12.2. The molecule has 1 aromatic rings. The van der Waals surface area contributed by atoms with Crippen molar-refractivity contribution in [2.75, 3.05) is 6.54 Å². The average Bonchev–Trinajstić information content (AvgIpc) is 3.12. The number of carbonyl (C=O) groups is 1. The fraction of sp³-hybridized carbons (Fsp3) is 0.583. The second-order valence-corrected chi connectivity index (χ2v) is 6.42. The standard InChI is InChI=1S/C12H17N3O3S/c1-7-9(15(17)18)5-10(19-7)11(16)14-12(2,6-13)8-3-4-8/h5,8H,3-4,6,13H2,1-2H3,(H,14,16). The summed E-state index contributed by atoms with van der Waals surface area (Å²) in [6.07, 6.45) is 2.13. The van der Waals surface area contributed by atoms with Crippen LogP contribution in [-0.4, -0.2) is 22.9 Å². The number of nitrogens with two attached hydrogens (primary N) is 1. The Bertz CT molecular complexity index is 524.